The van der Waals surface area contributed by atoms with Gasteiger partial charge in [0.1, 0.15) is 0 Å². The lowest BCUT2D eigenvalue weighted by Crippen LogP contribution is -2.64. The van der Waals surface area contributed by atoms with Crippen LogP contribution in [0.15, 0.2) is 30.3 Å². The highest BCUT2D eigenvalue weighted by Gasteiger charge is 2.46. The van der Waals surface area contributed by atoms with E-state index in [0.717, 1.165) is 5.56 Å². The summed E-state index contributed by atoms with van der Waals surface area (Å²) in [5.41, 5.74) is -0.0363. The number of β-lactam (4-membered cyclic amide) rings is 1. The highest BCUT2D eigenvalue weighted by Crippen LogP contribution is 2.23. The lowest BCUT2D eigenvalue weighted by Gasteiger charge is -2.43. The molecule has 1 aromatic carbocycles. The summed E-state index contributed by atoms with van der Waals surface area (Å²) < 4.78 is 0. The van der Waals surface area contributed by atoms with Gasteiger partial charge < -0.3 is 10.0 Å². The van der Waals surface area contributed by atoms with Gasteiger partial charge in [-0.2, -0.15) is 0 Å². The number of carbonyl (C=O) groups excluding carboxylic acids is 1. The van der Waals surface area contributed by atoms with Gasteiger partial charge in [0.15, 0.2) is 5.60 Å². The monoisotopic (exact) mass is 191 g/mol. The largest absolute Gasteiger partial charge is 0.378 e. The van der Waals surface area contributed by atoms with Crippen molar-refractivity contribution in [2.45, 2.75) is 19.1 Å². The quantitative estimate of drug-likeness (QED) is 0.702. The summed E-state index contributed by atoms with van der Waals surface area (Å²) in [5.74, 6) is -0.179. The van der Waals surface area contributed by atoms with E-state index < -0.39 is 5.60 Å². The number of amides is 1. The smallest absolute Gasteiger partial charge is 0.256 e. The number of β-amino-alcohol motifs (C(OH)–C–C–N with tert-alkyl or cyclic N) is 1. The van der Waals surface area contributed by atoms with Gasteiger partial charge in [-0.3, -0.25) is 4.79 Å². The minimum Gasteiger partial charge on any atom is -0.378 e. The zero-order chi connectivity index (χ0) is 10.2. The van der Waals surface area contributed by atoms with Crippen molar-refractivity contribution in [3.63, 3.8) is 0 Å². The van der Waals surface area contributed by atoms with Crippen LogP contribution < -0.4 is 0 Å². The molecule has 1 aromatic rings. The van der Waals surface area contributed by atoms with Gasteiger partial charge >= 0.3 is 0 Å². The molecule has 1 aliphatic heterocycles. The lowest BCUT2D eigenvalue weighted by molar-refractivity contribution is -0.173. The van der Waals surface area contributed by atoms with Crippen LogP contribution in [0.3, 0.4) is 0 Å². The number of benzene rings is 1. The van der Waals surface area contributed by atoms with Crippen molar-refractivity contribution in [3.8, 4) is 0 Å². The molecule has 3 nitrogen and oxygen atoms in total. The molecule has 1 atom stereocenters. The normalized spacial score (nSPS) is 26.1. The minimum absolute atomic E-state index is 0.179. The Hall–Kier alpha value is -1.35. The highest BCUT2D eigenvalue weighted by atomic mass is 16.3. The van der Waals surface area contributed by atoms with Gasteiger partial charge in [-0.1, -0.05) is 30.3 Å². The number of hydrogen-bond acceptors (Lipinski definition) is 2. The number of hydrogen-bond donors (Lipinski definition) is 1. The van der Waals surface area contributed by atoms with Gasteiger partial charge in [-0.25, -0.2) is 0 Å². The fourth-order valence-electron chi connectivity index (χ4n) is 1.69. The summed E-state index contributed by atoms with van der Waals surface area (Å²) in [6.45, 7) is 2.58. The van der Waals surface area contributed by atoms with Crippen molar-refractivity contribution in [2.24, 2.45) is 0 Å². The Morgan fingerprint density at radius 3 is 2.57 bits per heavy atom. The van der Waals surface area contributed by atoms with E-state index >= 15 is 0 Å². The standard InChI is InChI=1S/C11H13NO2/c1-11(14)8-12(10(11)13)7-9-5-3-2-4-6-9/h2-6,14H,7-8H2,1H3. The Kier molecular flexibility index (Phi) is 2.04. The molecule has 0 radical (unpaired) electrons. The molecule has 1 N–H and O–H groups in total. The average molecular weight is 191 g/mol. The molecule has 1 unspecified atom stereocenters. The zero-order valence-electron chi connectivity index (χ0n) is 8.10. The molecule has 2 rings (SSSR count). The van der Waals surface area contributed by atoms with Crippen LogP contribution in [-0.4, -0.2) is 28.1 Å². The summed E-state index contributed by atoms with van der Waals surface area (Å²) in [5, 5.41) is 9.44. The van der Waals surface area contributed by atoms with Crippen LogP contribution in [0.5, 0.6) is 0 Å². The fraction of sp³-hybridized carbons (Fsp3) is 0.364. The lowest BCUT2D eigenvalue weighted by atomic mass is 9.95. The number of aliphatic hydroxyl groups is 1. The summed E-state index contributed by atoms with van der Waals surface area (Å²) >= 11 is 0. The van der Waals surface area contributed by atoms with Crippen molar-refractivity contribution in [1.82, 2.24) is 4.90 Å². The molecule has 0 aromatic heterocycles. The van der Waals surface area contributed by atoms with Crippen LogP contribution in [0.2, 0.25) is 0 Å². The Morgan fingerprint density at radius 1 is 1.43 bits per heavy atom. The van der Waals surface area contributed by atoms with Crippen molar-refractivity contribution < 1.29 is 9.90 Å². The molecular formula is C11H13NO2. The maximum atomic E-state index is 11.4. The number of rotatable bonds is 2. The summed E-state index contributed by atoms with van der Waals surface area (Å²) in [6, 6.07) is 9.77. The van der Waals surface area contributed by atoms with E-state index in [1.165, 1.54) is 0 Å². The maximum absolute atomic E-state index is 11.4. The van der Waals surface area contributed by atoms with E-state index in [9.17, 15) is 9.90 Å². The predicted molar refractivity (Wildman–Crippen MR) is 52.5 cm³/mol. The molecular weight excluding hydrogens is 178 g/mol. The average Bonchev–Trinajstić information content (AvgIpc) is 2.18. The molecule has 3 heteroatoms. The van der Waals surface area contributed by atoms with Gasteiger partial charge in [0.05, 0.1) is 6.54 Å². The van der Waals surface area contributed by atoms with Crippen molar-refractivity contribution in [2.75, 3.05) is 6.54 Å². The van der Waals surface area contributed by atoms with Crippen LogP contribution in [0.4, 0.5) is 0 Å². The van der Waals surface area contributed by atoms with Crippen molar-refractivity contribution >= 4 is 5.91 Å². The Labute approximate surface area is 83.0 Å². The highest BCUT2D eigenvalue weighted by molar-refractivity contribution is 5.90. The summed E-state index contributed by atoms with van der Waals surface area (Å²) in [7, 11) is 0. The third-order valence-corrected chi connectivity index (χ3v) is 2.46. The van der Waals surface area contributed by atoms with Crippen LogP contribution in [0.1, 0.15) is 12.5 Å². The number of nitrogens with zero attached hydrogens (tertiary/aromatic N) is 1. The Balaban J connectivity index is 1.99. The molecule has 0 bridgehead atoms. The number of likely N-dealkylation sites (tertiary alicyclic amines) is 1. The van der Waals surface area contributed by atoms with Crippen LogP contribution in [0.25, 0.3) is 0 Å². The molecule has 14 heavy (non-hydrogen) atoms. The molecule has 1 aliphatic rings. The van der Waals surface area contributed by atoms with E-state index in [1.54, 1.807) is 11.8 Å². The van der Waals surface area contributed by atoms with Crippen molar-refractivity contribution in [3.05, 3.63) is 35.9 Å². The third kappa shape index (κ3) is 1.51. The molecule has 1 fully saturated rings. The first kappa shape index (κ1) is 9.21. The van der Waals surface area contributed by atoms with Crippen LogP contribution in [0, 0.1) is 0 Å². The summed E-state index contributed by atoms with van der Waals surface area (Å²) in [6.07, 6.45) is 0. The maximum Gasteiger partial charge on any atom is 0.256 e. The molecule has 0 saturated carbocycles. The number of carbonyl (C=O) groups is 1. The first-order valence-corrected chi connectivity index (χ1v) is 4.65. The fourth-order valence-corrected chi connectivity index (χ4v) is 1.69. The van der Waals surface area contributed by atoms with Crippen LogP contribution in [-0.2, 0) is 11.3 Å². The minimum atomic E-state index is -1.13. The van der Waals surface area contributed by atoms with Crippen molar-refractivity contribution in [1.29, 1.82) is 0 Å². The predicted octanol–water partition coefficient (Wildman–Crippen LogP) is 0.780. The molecule has 0 spiro atoms. The first-order chi connectivity index (χ1) is 6.59. The SMILES string of the molecule is CC1(O)CN(Cc2ccccc2)C1=O. The second-order valence-corrected chi connectivity index (χ2v) is 3.92. The molecule has 74 valence electrons. The van der Waals surface area contributed by atoms with E-state index in [-0.39, 0.29) is 5.91 Å². The third-order valence-electron chi connectivity index (χ3n) is 2.46. The summed E-state index contributed by atoms with van der Waals surface area (Å²) in [4.78, 5) is 13.0. The van der Waals surface area contributed by atoms with Crippen LogP contribution >= 0.6 is 0 Å². The van der Waals surface area contributed by atoms with Gasteiger partial charge in [0.25, 0.3) is 5.91 Å². The van der Waals surface area contributed by atoms with E-state index in [4.69, 9.17) is 0 Å². The van der Waals surface area contributed by atoms with Gasteiger partial charge in [-0.05, 0) is 12.5 Å². The second kappa shape index (κ2) is 3.10. The Morgan fingerprint density at radius 2 is 2.07 bits per heavy atom. The zero-order valence-corrected chi connectivity index (χ0v) is 8.10. The van der Waals surface area contributed by atoms with E-state index in [2.05, 4.69) is 0 Å². The Bertz CT molecular complexity index is 346. The first-order valence-electron chi connectivity index (χ1n) is 4.65. The molecule has 1 amide bonds. The van der Waals surface area contributed by atoms with Gasteiger partial charge in [0.2, 0.25) is 0 Å². The molecule has 0 aliphatic carbocycles. The van der Waals surface area contributed by atoms with E-state index in [1.807, 2.05) is 30.3 Å². The molecule has 1 heterocycles. The second-order valence-electron chi connectivity index (χ2n) is 3.92. The van der Waals surface area contributed by atoms with Gasteiger partial charge in [-0.15, -0.1) is 0 Å². The van der Waals surface area contributed by atoms with E-state index in [0.29, 0.717) is 13.1 Å². The van der Waals surface area contributed by atoms with Gasteiger partial charge in [0, 0.05) is 6.54 Å². The molecule has 1 saturated heterocycles. The topological polar surface area (TPSA) is 40.5 Å².